The first kappa shape index (κ1) is 23.2. The van der Waals surface area contributed by atoms with Gasteiger partial charge in [-0.1, -0.05) is 11.8 Å². The largest absolute Gasteiger partial charge is 0.334 e. The maximum Gasteiger partial charge on any atom is 0.269 e. The number of carbonyl (C=O) groups is 1. The molecule has 2 heterocycles. The van der Waals surface area contributed by atoms with Crippen LogP contribution in [-0.4, -0.2) is 37.7 Å². The zero-order chi connectivity index (χ0) is 24.1. The fourth-order valence-electron chi connectivity index (χ4n) is 3.36. The van der Waals surface area contributed by atoms with Gasteiger partial charge in [-0.15, -0.1) is 21.5 Å². The van der Waals surface area contributed by atoms with Gasteiger partial charge in [0, 0.05) is 17.0 Å². The molecule has 34 heavy (non-hydrogen) atoms. The van der Waals surface area contributed by atoms with Gasteiger partial charge in [-0.25, -0.2) is 10.1 Å². The Hall–Kier alpha value is -3.96. The van der Waals surface area contributed by atoms with Crippen molar-refractivity contribution in [2.24, 2.45) is 5.10 Å². The molecule has 3 aromatic rings. The van der Waals surface area contributed by atoms with Crippen molar-refractivity contribution < 1.29 is 9.72 Å². The number of amides is 1. The third-order valence-corrected chi connectivity index (χ3v) is 7.17. The second kappa shape index (κ2) is 10.3. The summed E-state index contributed by atoms with van der Waals surface area (Å²) >= 11 is 2.57. The Labute approximate surface area is 202 Å². The number of nitriles is 1. The van der Waals surface area contributed by atoms with Gasteiger partial charge in [0.15, 0.2) is 0 Å². The number of nitrogens with two attached hydrogens (primary N) is 1. The number of anilines is 2. The summed E-state index contributed by atoms with van der Waals surface area (Å²) in [6, 6.07) is 8.08. The minimum Gasteiger partial charge on any atom is -0.334 e. The van der Waals surface area contributed by atoms with Crippen molar-refractivity contribution in [1.29, 1.82) is 5.26 Å². The normalized spacial score (nSPS) is 12.8. The van der Waals surface area contributed by atoms with Crippen LogP contribution in [-0.2, 0) is 17.6 Å². The molecular formula is C20H19N9O3S2. The van der Waals surface area contributed by atoms with Crippen molar-refractivity contribution in [2.45, 2.75) is 30.8 Å². The number of nitrogen functional groups attached to an aromatic ring is 1. The van der Waals surface area contributed by atoms with Crippen LogP contribution in [0.3, 0.4) is 0 Å². The molecule has 4 N–H and O–H groups in total. The van der Waals surface area contributed by atoms with Crippen molar-refractivity contribution in [3.63, 3.8) is 0 Å². The molecule has 0 saturated carbocycles. The number of aryl methyl sites for hydroxylation is 1. The molecule has 0 radical (unpaired) electrons. The number of nitrogens with zero attached hydrogens (tertiary/aromatic N) is 6. The molecule has 0 fully saturated rings. The molecule has 2 aromatic heterocycles. The Bertz CT molecular complexity index is 1290. The van der Waals surface area contributed by atoms with E-state index < -0.39 is 4.92 Å². The number of carbonyl (C=O) groups excluding carboxylic acids is 1. The Morgan fingerprint density at radius 1 is 1.35 bits per heavy atom. The number of thioether (sulfide) groups is 1. The summed E-state index contributed by atoms with van der Waals surface area (Å²) < 4.78 is 1.16. The minimum absolute atomic E-state index is 0.0139. The van der Waals surface area contributed by atoms with Gasteiger partial charge < -0.3 is 11.2 Å². The Morgan fingerprint density at radius 2 is 2.12 bits per heavy atom. The first-order chi connectivity index (χ1) is 16.5. The van der Waals surface area contributed by atoms with E-state index in [0.717, 1.165) is 47.7 Å². The molecule has 174 valence electrons. The summed E-state index contributed by atoms with van der Waals surface area (Å²) in [6.07, 6.45) is 5.42. The van der Waals surface area contributed by atoms with Gasteiger partial charge in [-0.05, 0) is 48.9 Å². The molecule has 14 heteroatoms. The van der Waals surface area contributed by atoms with Crippen molar-refractivity contribution >= 4 is 51.9 Å². The van der Waals surface area contributed by atoms with E-state index in [0.29, 0.717) is 21.3 Å². The number of hydrazone groups is 1. The number of fused-ring (bicyclic) bond motifs is 1. The summed E-state index contributed by atoms with van der Waals surface area (Å²) in [7, 11) is 0. The maximum absolute atomic E-state index is 12.5. The average molecular weight is 498 g/mol. The fraction of sp³-hybridized carbons (Fsp3) is 0.250. The number of benzene rings is 1. The molecule has 0 bridgehead atoms. The van der Waals surface area contributed by atoms with Crippen molar-refractivity contribution in [1.82, 2.24) is 14.9 Å². The molecule has 0 saturated heterocycles. The highest BCUT2D eigenvalue weighted by atomic mass is 32.2. The zero-order valence-corrected chi connectivity index (χ0v) is 19.4. The fourth-order valence-corrected chi connectivity index (χ4v) is 5.28. The molecule has 1 amide bonds. The molecule has 1 aliphatic carbocycles. The number of hydrogen-bond donors (Lipinski definition) is 3. The molecule has 0 unspecified atom stereocenters. The molecule has 0 aliphatic heterocycles. The molecule has 0 atom stereocenters. The Kier molecular flexibility index (Phi) is 7.04. The average Bonchev–Trinajstić information content (AvgIpc) is 3.37. The standard InChI is InChI=1S/C20H19N9O3S2/c21-9-15-14-3-1-2-4-16(14)34-18(15)24-17(30)11-33-20-27-26-19(28(20)22)25-23-10-12-5-7-13(8-6-12)29(31)32/h5-8,10H,1-4,11,22H2,(H,24,30)(H,25,26)/b23-10+. The van der Waals surface area contributed by atoms with E-state index in [1.54, 1.807) is 12.1 Å². The maximum atomic E-state index is 12.5. The van der Waals surface area contributed by atoms with Gasteiger partial charge in [-0.2, -0.15) is 10.4 Å². The highest BCUT2D eigenvalue weighted by Crippen LogP contribution is 2.37. The summed E-state index contributed by atoms with van der Waals surface area (Å²) in [5, 5.41) is 35.8. The lowest BCUT2D eigenvalue weighted by atomic mass is 9.96. The van der Waals surface area contributed by atoms with E-state index in [1.807, 2.05) is 0 Å². The Morgan fingerprint density at radius 3 is 2.85 bits per heavy atom. The van der Waals surface area contributed by atoms with E-state index in [-0.39, 0.29) is 23.3 Å². The number of aromatic nitrogens is 3. The monoisotopic (exact) mass is 497 g/mol. The van der Waals surface area contributed by atoms with Gasteiger partial charge in [0.25, 0.3) is 11.6 Å². The highest BCUT2D eigenvalue weighted by molar-refractivity contribution is 7.99. The van der Waals surface area contributed by atoms with Crippen LogP contribution in [0.1, 0.15) is 34.4 Å². The van der Waals surface area contributed by atoms with Crippen LogP contribution in [0.5, 0.6) is 0 Å². The van der Waals surface area contributed by atoms with Gasteiger partial charge in [0.2, 0.25) is 11.1 Å². The molecule has 1 aliphatic rings. The molecule has 0 spiro atoms. The van der Waals surface area contributed by atoms with Crippen LogP contribution >= 0.6 is 23.1 Å². The third-order valence-electron chi connectivity index (χ3n) is 5.02. The summed E-state index contributed by atoms with van der Waals surface area (Å²) in [6.45, 7) is 0. The highest BCUT2D eigenvalue weighted by Gasteiger charge is 2.22. The smallest absolute Gasteiger partial charge is 0.269 e. The summed E-state index contributed by atoms with van der Waals surface area (Å²) in [4.78, 5) is 23.9. The van der Waals surface area contributed by atoms with Crippen molar-refractivity contribution in [3.05, 3.63) is 55.9 Å². The van der Waals surface area contributed by atoms with Crippen LogP contribution in [0.2, 0.25) is 0 Å². The first-order valence-corrected chi connectivity index (χ1v) is 12.0. The van der Waals surface area contributed by atoms with Gasteiger partial charge in [0.05, 0.1) is 22.5 Å². The number of nitro benzene ring substituents is 1. The predicted octanol–water partition coefficient (Wildman–Crippen LogP) is 2.89. The first-order valence-electron chi connectivity index (χ1n) is 10.2. The van der Waals surface area contributed by atoms with Gasteiger partial charge in [0.1, 0.15) is 11.1 Å². The van der Waals surface area contributed by atoms with E-state index >= 15 is 0 Å². The number of thiophene rings is 1. The molecular weight excluding hydrogens is 478 g/mol. The lowest BCUT2D eigenvalue weighted by Gasteiger charge is -2.09. The van der Waals surface area contributed by atoms with Gasteiger partial charge in [-0.3, -0.25) is 14.9 Å². The second-order valence-corrected chi connectivity index (χ2v) is 9.31. The number of non-ortho nitro benzene ring substituents is 1. The van der Waals surface area contributed by atoms with E-state index in [9.17, 15) is 20.2 Å². The van der Waals surface area contributed by atoms with Crippen molar-refractivity contribution in [3.8, 4) is 6.07 Å². The topological polar surface area (TPSA) is 177 Å². The summed E-state index contributed by atoms with van der Waals surface area (Å²) in [5.41, 5.74) is 4.90. The number of rotatable bonds is 8. The van der Waals surface area contributed by atoms with E-state index in [4.69, 9.17) is 5.84 Å². The van der Waals surface area contributed by atoms with Gasteiger partial charge >= 0.3 is 0 Å². The molecule has 12 nitrogen and oxygen atoms in total. The van der Waals surface area contributed by atoms with Crippen molar-refractivity contribution in [2.75, 3.05) is 22.3 Å². The minimum atomic E-state index is -0.480. The molecule has 4 rings (SSSR count). The second-order valence-electron chi connectivity index (χ2n) is 7.26. The third kappa shape index (κ3) is 5.16. The van der Waals surface area contributed by atoms with E-state index in [2.05, 4.69) is 32.1 Å². The zero-order valence-electron chi connectivity index (χ0n) is 17.7. The Balaban J connectivity index is 1.32. The lowest BCUT2D eigenvalue weighted by molar-refractivity contribution is -0.384. The van der Waals surface area contributed by atoms with Crippen LogP contribution in [0.25, 0.3) is 0 Å². The number of hydrogen-bond acceptors (Lipinski definition) is 11. The van der Waals surface area contributed by atoms with E-state index in [1.165, 1.54) is 34.6 Å². The number of nitrogens with one attached hydrogen (secondary N) is 2. The van der Waals surface area contributed by atoms with Crippen LogP contribution < -0.4 is 16.6 Å². The van der Waals surface area contributed by atoms with Crippen LogP contribution in [0.4, 0.5) is 16.6 Å². The SMILES string of the molecule is N#Cc1c(NC(=O)CSc2nnc(N/N=C/c3ccc([N+](=O)[O-])cc3)n2N)sc2c1CCCC2. The van der Waals surface area contributed by atoms with Crippen LogP contribution in [0, 0.1) is 21.4 Å². The predicted molar refractivity (Wildman–Crippen MR) is 130 cm³/mol. The molecule has 1 aromatic carbocycles. The number of nitro groups is 1. The quantitative estimate of drug-likeness (QED) is 0.139. The summed E-state index contributed by atoms with van der Waals surface area (Å²) in [5.74, 6) is 5.89. The lowest BCUT2D eigenvalue weighted by Crippen LogP contribution is -2.17. The van der Waals surface area contributed by atoms with Crippen LogP contribution in [0.15, 0.2) is 34.5 Å².